The topological polar surface area (TPSA) is 52.7 Å². The molecule has 0 aromatic heterocycles. The maximum absolute atomic E-state index is 13.3. The van der Waals surface area contributed by atoms with Crippen LogP contribution in [-0.4, -0.2) is 41.5 Å². The van der Waals surface area contributed by atoms with Crippen molar-refractivity contribution < 1.29 is 9.59 Å². The number of amides is 3. The summed E-state index contributed by atoms with van der Waals surface area (Å²) in [6.07, 6.45) is 3.83. The molecular formula is C24H29N3O2. The normalized spacial score (nSPS) is 23.4. The third-order valence-electron chi connectivity index (χ3n) is 6.39. The van der Waals surface area contributed by atoms with E-state index in [-0.39, 0.29) is 11.9 Å². The van der Waals surface area contributed by atoms with Gasteiger partial charge in [-0.1, -0.05) is 67.6 Å². The highest BCUT2D eigenvalue weighted by molar-refractivity contribution is 6.07. The Balaban J connectivity index is 1.38. The van der Waals surface area contributed by atoms with Crippen LogP contribution in [0.15, 0.2) is 60.7 Å². The number of nitrogens with zero attached hydrogens (tertiary/aromatic N) is 2. The fourth-order valence-corrected chi connectivity index (χ4v) is 4.60. The molecule has 0 bridgehead atoms. The summed E-state index contributed by atoms with van der Waals surface area (Å²) in [6.45, 7) is 4.15. The fourth-order valence-electron chi connectivity index (χ4n) is 4.60. The van der Waals surface area contributed by atoms with E-state index in [4.69, 9.17) is 0 Å². The summed E-state index contributed by atoms with van der Waals surface area (Å²) in [4.78, 5) is 29.6. The van der Waals surface area contributed by atoms with Gasteiger partial charge in [0, 0.05) is 13.1 Å². The first kappa shape index (κ1) is 19.6. The second-order valence-electron chi connectivity index (χ2n) is 8.18. The van der Waals surface area contributed by atoms with Crippen molar-refractivity contribution >= 4 is 11.9 Å². The molecular weight excluding hydrogens is 362 g/mol. The molecule has 2 aliphatic heterocycles. The van der Waals surface area contributed by atoms with Crippen LogP contribution >= 0.6 is 0 Å². The van der Waals surface area contributed by atoms with Crippen molar-refractivity contribution in [1.82, 2.24) is 15.1 Å². The number of piperidine rings is 1. The van der Waals surface area contributed by atoms with E-state index in [0.717, 1.165) is 37.9 Å². The predicted octanol–water partition coefficient (Wildman–Crippen LogP) is 3.76. The van der Waals surface area contributed by atoms with Crippen molar-refractivity contribution in [2.24, 2.45) is 5.92 Å². The first-order valence-electron chi connectivity index (χ1n) is 10.6. The molecule has 2 aliphatic rings. The summed E-state index contributed by atoms with van der Waals surface area (Å²) in [5, 5.41) is 2.98. The number of carbonyl (C=O) groups excluding carboxylic acids is 2. The fraction of sp³-hybridized carbons (Fsp3) is 0.417. The van der Waals surface area contributed by atoms with Gasteiger partial charge in [0.25, 0.3) is 5.91 Å². The van der Waals surface area contributed by atoms with Crippen molar-refractivity contribution in [1.29, 1.82) is 0 Å². The lowest BCUT2D eigenvalue weighted by Crippen LogP contribution is -2.47. The van der Waals surface area contributed by atoms with Crippen LogP contribution in [0, 0.1) is 5.92 Å². The standard InChI is InChI=1S/C24H29N3O2/c1-2-24(21-11-7-4-8-12-21)22(28)27(23(29)25-24)18-26-15-13-20(14-16-26)17-19-9-5-3-6-10-19/h3-12,20H,2,13-18H2,1H3,(H,25,29)/t24-/m0/s1. The molecule has 5 nitrogen and oxygen atoms in total. The molecule has 4 rings (SSSR count). The van der Waals surface area contributed by atoms with Crippen LogP contribution in [0.2, 0.25) is 0 Å². The van der Waals surface area contributed by atoms with E-state index in [0.29, 0.717) is 19.0 Å². The molecule has 29 heavy (non-hydrogen) atoms. The quantitative estimate of drug-likeness (QED) is 0.763. The molecule has 3 amide bonds. The molecule has 2 fully saturated rings. The summed E-state index contributed by atoms with van der Waals surface area (Å²) in [6, 6.07) is 19.9. The number of benzene rings is 2. The molecule has 5 heteroatoms. The maximum atomic E-state index is 13.3. The lowest BCUT2D eigenvalue weighted by molar-refractivity contribution is -0.133. The molecule has 0 spiro atoms. The number of hydrogen-bond donors (Lipinski definition) is 1. The van der Waals surface area contributed by atoms with Crippen LogP contribution in [0.4, 0.5) is 4.79 Å². The summed E-state index contributed by atoms with van der Waals surface area (Å²) in [7, 11) is 0. The SMILES string of the molecule is CC[C@@]1(c2ccccc2)NC(=O)N(CN2CCC(Cc3ccccc3)CC2)C1=O. The van der Waals surface area contributed by atoms with Gasteiger partial charge in [-0.15, -0.1) is 0 Å². The molecule has 1 N–H and O–H groups in total. The maximum Gasteiger partial charge on any atom is 0.326 e. The van der Waals surface area contributed by atoms with E-state index < -0.39 is 5.54 Å². The van der Waals surface area contributed by atoms with Gasteiger partial charge in [-0.2, -0.15) is 0 Å². The first-order chi connectivity index (χ1) is 14.1. The van der Waals surface area contributed by atoms with E-state index in [1.807, 2.05) is 37.3 Å². The Morgan fingerprint density at radius 2 is 1.59 bits per heavy atom. The van der Waals surface area contributed by atoms with Crippen molar-refractivity contribution in [2.75, 3.05) is 19.8 Å². The number of carbonyl (C=O) groups is 2. The number of imide groups is 1. The molecule has 0 aliphatic carbocycles. The van der Waals surface area contributed by atoms with Gasteiger partial charge in [0.05, 0.1) is 6.67 Å². The van der Waals surface area contributed by atoms with E-state index in [1.165, 1.54) is 10.5 Å². The van der Waals surface area contributed by atoms with Gasteiger partial charge in [-0.05, 0) is 42.7 Å². The minimum atomic E-state index is -0.941. The van der Waals surface area contributed by atoms with Crippen molar-refractivity contribution in [2.45, 2.75) is 38.1 Å². The van der Waals surface area contributed by atoms with Crippen molar-refractivity contribution in [3.63, 3.8) is 0 Å². The lowest BCUT2D eigenvalue weighted by Gasteiger charge is -2.34. The summed E-state index contributed by atoms with van der Waals surface area (Å²) in [5.41, 5.74) is 1.30. The number of likely N-dealkylation sites (tertiary alicyclic amines) is 1. The molecule has 0 unspecified atom stereocenters. The van der Waals surface area contributed by atoms with Crippen LogP contribution in [-0.2, 0) is 16.8 Å². The van der Waals surface area contributed by atoms with Crippen molar-refractivity contribution in [3.05, 3.63) is 71.8 Å². The number of nitrogens with one attached hydrogen (secondary N) is 1. The Kier molecular flexibility index (Phi) is 5.67. The number of urea groups is 1. The monoisotopic (exact) mass is 391 g/mol. The van der Waals surface area contributed by atoms with Gasteiger partial charge in [-0.25, -0.2) is 9.69 Å². The third-order valence-corrected chi connectivity index (χ3v) is 6.39. The second kappa shape index (κ2) is 8.37. The molecule has 1 atom stereocenters. The molecule has 0 radical (unpaired) electrons. The lowest BCUT2D eigenvalue weighted by atomic mass is 9.87. The summed E-state index contributed by atoms with van der Waals surface area (Å²) >= 11 is 0. The van der Waals surface area contributed by atoms with Crippen molar-refractivity contribution in [3.8, 4) is 0 Å². The smallest absolute Gasteiger partial charge is 0.319 e. The average molecular weight is 392 g/mol. The van der Waals surface area contributed by atoms with E-state index in [1.54, 1.807) is 0 Å². The highest BCUT2D eigenvalue weighted by Crippen LogP contribution is 2.33. The molecule has 2 aromatic carbocycles. The third kappa shape index (κ3) is 3.92. The minimum Gasteiger partial charge on any atom is -0.319 e. The molecule has 0 saturated carbocycles. The molecule has 2 aromatic rings. The van der Waals surface area contributed by atoms with Crippen LogP contribution in [0.5, 0.6) is 0 Å². The zero-order valence-corrected chi connectivity index (χ0v) is 17.0. The minimum absolute atomic E-state index is 0.136. The zero-order chi connectivity index (χ0) is 20.3. The van der Waals surface area contributed by atoms with Crippen LogP contribution in [0.1, 0.15) is 37.3 Å². The number of hydrogen-bond acceptors (Lipinski definition) is 3. The van der Waals surface area contributed by atoms with E-state index in [2.05, 4.69) is 40.5 Å². The van der Waals surface area contributed by atoms with Gasteiger partial charge >= 0.3 is 6.03 Å². The highest BCUT2D eigenvalue weighted by Gasteiger charge is 2.51. The number of rotatable bonds is 6. The summed E-state index contributed by atoms with van der Waals surface area (Å²) < 4.78 is 0. The Morgan fingerprint density at radius 3 is 2.21 bits per heavy atom. The average Bonchev–Trinajstić information content (AvgIpc) is 3.01. The Bertz CT molecular complexity index is 847. The van der Waals surface area contributed by atoms with Gasteiger partial charge in [0.15, 0.2) is 0 Å². The summed E-state index contributed by atoms with van der Waals surface area (Å²) in [5.74, 6) is 0.526. The largest absolute Gasteiger partial charge is 0.326 e. The van der Waals surface area contributed by atoms with Gasteiger partial charge in [-0.3, -0.25) is 9.69 Å². The predicted molar refractivity (Wildman–Crippen MR) is 113 cm³/mol. The van der Waals surface area contributed by atoms with Gasteiger partial charge in [0.1, 0.15) is 5.54 Å². The van der Waals surface area contributed by atoms with Crippen LogP contribution in [0.25, 0.3) is 0 Å². The Morgan fingerprint density at radius 1 is 0.966 bits per heavy atom. The van der Waals surface area contributed by atoms with E-state index >= 15 is 0 Å². The molecule has 152 valence electrons. The second-order valence-corrected chi connectivity index (χ2v) is 8.18. The van der Waals surface area contributed by atoms with Crippen LogP contribution < -0.4 is 5.32 Å². The molecule has 2 saturated heterocycles. The Labute approximate surface area is 172 Å². The zero-order valence-electron chi connectivity index (χ0n) is 17.0. The van der Waals surface area contributed by atoms with Gasteiger partial charge < -0.3 is 5.32 Å². The van der Waals surface area contributed by atoms with Gasteiger partial charge in [0.2, 0.25) is 0 Å². The first-order valence-corrected chi connectivity index (χ1v) is 10.6. The Hall–Kier alpha value is -2.66. The molecule has 2 heterocycles. The highest BCUT2D eigenvalue weighted by atomic mass is 16.2. The van der Waals surface area contributed by atoms with Crippen LogP contribution in [0.3, 0.4) is 0 Å². The van der Waals surface area contributed by atoms with E-state index in [9.17, 15) is 9.59 Å².